The van der Waals surface area contributed by atoms with Gasteiger partial charge >= 0.3 is 12.1 Å². The van der Waals surface area contributed by atoms with E-state index in [1.165, 1.54) is 7.11 Å². The highest BCUT2D eigenvalue weighted by atomic mass is 28.4. The second kappa shape index (κ2) is 8.95. The lowest BCUT2D eigenvalue weighted by atomic mass is 10.1. The number of nitrogens with zero attached hydrogens (tertiary/aromatic N) is 1. The molecule has 1 heterocycles. The molecule has 0 aromatic carbocycles. The Morgan fingerprint density at radius 3 is 2.07 bits per heavy atom. The summed E-state index contributed by atoms with van der Waals surface area (Å²) in [5, 5.41) is 0.118. The first-order valence-electron chi connectivity index (χ1n) is 9.90. The minimum atomic E-state index is -1.90. The molecule has 2 atom stereocenters. The molecule has 0 aliphatic carbocycles. The summed E-state index contributed by atoms with van der Waals surface area (Å²) >= 11 is 0. The Morgan fingerprint density at radius 2 is 1.59 bits per heavy atom. The van der Waals surface area contributed by atoms with Crippen LogP contribution in [0.2, 0.25) is 18.1 Å². The zero-order valence-corrected chi connectivity index (χ0v) is 19.7. The Hall–Kier alpha value is -1.08. The molecule has 6 nitrogen and oxygen atoms in total. The van der Waals surface area contributed by atoms with E-state index >= 15 is 0 Å². The zero-order valence-electron chi connectivity index (χ0n) is 18.7. The number of likely N-dealkylation sites (tertiary alicyclic amines) is 1. The van der Waals surface area contributed by atoms with Gasteiger partial charge in [0.05, 0.1) is 19.8 Å². The minimum Gasteiger partial charge on any atom is -0.469 e. The van der Waals surface area contributed by atoms with Crippen LogP contribution in [0.5, 0.6) is 0 Å². The highest BCUT2D eigenvalue weighted by Gasteiger charge is 2.42. The highest BCUT2D eigenvalue weighted by Crippen LogP contribution is 2.38. The van der Waals surface area contributed by atoms with Gasteiger partial charge in [-0.25, -0.2) is 4.79 Å². The zero-order chi connectivity index (χ0) is 21.0. The van der Waals surface area contributed by atoms with Crippen LogP contribution in [-0.4, -0.2) is 56.7 Å². The number of carbonyl (C=O) groups excluding carboxylic acids is 2. The topological polar surface area (TPSA) is 65.1 Å². The molecule has 158 valence electrons. The van der Waals surface area contributed by atoms with Gasteiger partial charge in [0.25, 0.3) is 0 Å². The molecule has 0 aromatic rings. The van der Waals surface area contributed by atoms with E-state index in [1.54, 1.807) is 4.90 Å². The summed E-state index contributed by atoms with van der Waals surface area (Å²) in [4.78, 5) is 26.2. The van der Waals surface area contributed by atoms with Crippen LogP contribution in [0, 0.1) is 0 Å². The van der Waals surface area contributed by atoms with Crippen molar-refractivity contribution >= 4 is 20.4 Å². The summed E-state index contributed by atoms with van der Waals surface area (Å²) in [6.07, 6.45) is 2.28. The number of hydrogen-bond acceptors (Lipinski definition) is 5. The van der Waals surface area contributed by atoms with Crippen molar-refractivity contribution in [1.82, 2.24) is 4.90 Å². The van der Waals surface area contributed by atoms with Crippen molar-refractivity contribution in [3.8, 4) is 0 Å². The first-order chi connectivity index (χ1) is 12.2. The molecule has 0 radical (unpaired) electrons. The molecule has 1 aliphatic heterocycles. The number of hydrogen-bond donors (Lipinski definition) is 0. The van der Waals surface area contributed by atoms with Crippen LogP contribution < -0.4 is 0 Å². The molecule has 0 N–H and O–H groups in total. The quantitative estimate of drug-likeness (QED) is 0.475. The Morgan fingerprint density at radius 1 is 1.04 bits per heavy atom. The van der Waals surface area contributed by atoms with Crippen molar-refractivity contribution in [3.05, 3.63) is 0 Å². The lowest BCUT2D eigenvalue weighted by molar-refractivity contribution is -0.141. The van der Waals surface area contributed by atoms with Crippen molar-refractivity contribution < 1.29 is 23.5 Å². The lowest BCUT2D eigenvalue weighted by Crippen LogP contribution is -2.49. The number of methoxy groups -OCH3 is 1. The number of esters is 1. The largest absolute Gasteiger partial charge is 0.469 e. The molecule has 27 heavy (non-hydrogen) atoms. The molecule has 1 amide bonds. The fraction of sp³-hybridized carbons (Fsp3) is 0.900. The van der Waals surface area contributed by atoms with E-state index < -0.39 is 13.9 Å². The molecule has 1 saturated heterocycles. The van der Waals surface area contributed by atoms with Crippen LogP contribution in [0.4, 0.5) is 4.79 Å². The van der Waals surface area contributed by atoms with Crippen LogP contribution in [-0.2, 0) is 18.7 Å². The third kappa shape index (κ3) is 7.10. The number of amides is 1. The van der Waals surface area contributed by atoms with Gasteiger partial charge in [-0.2, -0.15) is 0 Å². The Kier molecular flexibility index (Phi) is 7.94. The lowest BCUT2D eigenvalue weighted by Gasteiger charge is -2.39. The van der Waals surface area contributed by atoms with Gasteiger partial charge in [0.15, 0.2) is 8.32 Å². The fourth-order valence-electron chi connectivity index (χ4n) is 2.93. The van der Waals surface area contributed by atoms with Crippen molar-refractivity contribution in [3.63, 3.8) is 0 Å². The average molecular weight is 402 g/mol. The first-order valence-corrected chi connectivity index (χ1v) is 12.8. The second-order valence-corrected chi connectivity index (χ2v) is 14.8. The number of carbonyl (C=O) groups is 2. The highest BCUT2D eigenvalue weighted by molar-refractivity contribution is 6.74. The maximum absolute atomic E-state index is 12.9. The first kappa shape index (κ1) is 24.0. The van der Waals surface area contributed by atoms with Gasteiger partial charge in [-0.05, 0) is 58.2 Å². The monoisotopic (exact) mass is 401 g/mol. The average Bonchev–Trinajstić information content (AvgIpc) is 2.91. The van der Waals surface area contributed by atoms with Crippen LogP contribution >= 0.6 is 0 Å². The van der Waals surface area contributed by atoms with Crippen LogP contribution in [0.15, 0.2) is 0 Å². The molecule has 1 fully saturated rings. The molecule has 0 spiro atoms. The predicted octanol–water partition coefficient (Wildman–Crippen LogP) is 4.73. The Labute approximate surface area is 166 Å². The van der Waals surface area contributed by atoms with E-state index in [2.05, 4.69) is 33.9 Å². The molecule has 0 unspecified atom stereocenters. The Balaban J connectivity index is 2.88. The fourth-order valence-corrected chi connectivity index (χ4v) is 3.97. The van der Waals surface area contributed by atoms with E-state index in [0.717, 1.165) is 12.8 Å². The van der Waals surface area contributed by atoms with Crippen LogP contribution in [0.3, 0.4) is 0 Å². The molecular weight excluding hydrogens is 362 g/mol. The van der Waals surface area contributed by atoms with E-state index in [-0.39, 0.29) is 29.2 Å². The van der Waals surface area contributed by atoms with E-state index in [1.807, 2.05) is 20.8 Å². The summed E-state index contributed by atoms with van der Waals surface area (Å²) in [6.45, 7) is 17.2. The van der Waals surface area contributed by atoms with Crippen LogP contribution in [0.25, 0.3) is 0 Å². The number of ether oxygens (including phenoxy) is 2. The normalized spacial score (nSPS) is 21.3. The van der Waals surface area contributed by atoms with Gasteiger partial charge in [0.2, 0.25) is 0 Å². The van der Waals surface area contributed by atoms with E-state index in [0.29, 0.717) is 19.4 Å². The summed E-state index contributed by atoms with van der Waals surface area (Å²) < 4.78 is 16.8. The summed E-state index contributed by atoms with van der Waals surface area (Å²) in [5.41, 5.74) is -0.558. The summed E-state index contributed by atoms with van der Waals surface area (Å²) in [6, 6.07) is -0.0383. The van der Waals surface area contributed by atoms with E-state index in [4.69, 9.17) is 13.9 Å². The van der Waals surface area contributed by atoms with Gasteiger partial charge in [0, 0.05) is 12.5 Å². The molecule has 7 heteroatoms. The standard InChI is InChI=1S/C20H39NO5Si/c1-19(2,3)26-18(23)21-15(12-13-17(22)24-7)10-11-16(21)14-25-27(8,9)20(4,5)6/h15-16H,10-14H2,1-9H3/t15-,16-/m0/s1. The van der Waals surface area contributed by atoms with Gasteiger partial charge in [-0.1, -0.05) is 20.8 Å². The minimum absolute atomic E-state index is 0.0170. The van der Waals surface area contributed by atoms with Gasteiger partial charge in [-0.15, -0.1) is 0 Å². The third-order valence-electron chi connectivity index (χ3n) is 5.58. The van der Waals surface area contributed by atoms with Crippen LogP contribution in [0.1, 0.15) is 67.2 Å². The van der Waals surface area contributed by atoms with E-state index in [9.17, 15) is 9.59 Å². The van der Waals surface area contributed by atoms with Crippen molar-refractivity contribution in [1.29, 1.82) is 0 Å². The molecule has 1 rings (SSSR count). The molecular formula is C20H39NO5Si. The Bertz CT molecular complexity index is 521. The maximum atomic E-state index is 12.9. The molecule has 0 aromatic heterocycles. The van der Waals surface area contributed by atoms with Gasteiger partial charge in [-0.3, -0.25) is 9.69 Å². The molecule has 1 aliphatic rings. The molecule has 0 bridgehead atoms. The number of rotatable bonds is 6. The SMILES string of the molecule is COC(=O)CC[C@@H]1CC[C@@H](CO[Si](C)(C)C(C)(C)C)N1C(=O)OC(C)(C)C. The third-order valence-corrected chi connectivity index (χ3v) is 10.1. The van der Waals surface area contributed by atoms with Gasteiger partial charge in [0.1, 0.15) is 5.60 Å². The smallest absolute Gasteiger partial charge is 0.410 e. The van der Waals surface area contributed by atoms with Crippen molar-refractivity contribution in [2.75, 3.05) is 13.7 Å². The summed E-state index contributed by atoms with van der Waals surface area (Å²) in [5.74, 6) is -0.250. The maximum Gasteiger partial charge on any atom is 0.410 e. The van der Waals surface area contributed by atoms with Gasteiger partial charge < -0.3 is 13.9 Å². The molecule has 0 saturated carbocycles. The second-order valence-electron chi connectivity index (χ2n) is 9.96. The van der Waals surface area contributed by atoms with Crippen molar-refractivity contribution in [2.24, 2.45) is 0 Å². The predicted molar refractivity (Wildman–Crippen MR) is 109 cm³/mol. The van der Waals surface area contributed by atoms with Crippen molar-refractivity contribution in [2.45, 2.75) is 103 Å². The summed E-state index contributed by atoms with van der Waals surface area (Å²) in [7, 11) is -0.513.